The van der Waals surface area contributed by atoms with E-state index in [4.69, 9.17) is 4.74 Å². The largest absolute Gasteiger partial charge is 0.487 e. The number of hydrogen-bond donors (Lipinski definition) is 0. The van der Waals surface area contributed by atoms with Crippen molar-refractivity contribution in [2.24, 2.45) is 5.92 Å². The third-order valence-electron chi connectivity index (χ3n) is 3.39. The summed E-state index contributed by atoms with van der Waals surface area (Å²) in [5.74, 6) is -1.35. The average molecular weight is 304 g/mol. The molecule has 2 rings (SSSR count). The minimum Gasteiger partial charge on any atom is -0.487 e. The van der Waals surface area contributed by atoms with E-state index in [2.05, 4.69) is 14.7 Å². The molecule has 0 unspecified atom stereocenters. The number of carbonyl (C=O) groups excluding carboxylic acids is 1. The average Bonchev–Trinajstić information content (AvgIpc) is 2.47. The number of carbonyl (C=O) groups is 1. The van der Waals surface area contributed by atoms with Gasteiger partial charge < -0.3 is 9.47 Å². The van der Waals surface area contributed by atoms with E-state index < -0.39 is 12.0 Å². The second-order valence-electron chi connectivity index (χ2n) is 4.85. The van der Waals surface area contributed by atoms with Gasteiger partial charge in [0.05, 0.1) is 31.5 Å². The van der Waals surface area contributed by atoms with E-state index in [9.17, 15) is 18.0 Å². The van der Waals surface area contributed by atoms with Gasteiger partial charge in [0, 0.05) is 0 Å². The molecule has 116 valence electrons. The molecule has 1 aromatic heterocycles. The molecule has 0 bridgehead atoms. The van der Waals surface area contributed by atoms with E-state index in [1.807, 2.05) is 0 Å². The molecular formula is C13H15F3N2O3. The Balaban J connectivity index is 1.88. The Hall–Kier alpha value is -1.86. The number of rotatable bonds is 3. The van der Waals surface area contributed by atoms with Gasteiger partial charge >= 0.3 is 12.1 Å². The van der Waals surface area contributed by atoms with Crippen LogP contribution in [0.5, 0.6) is 5.75 Å². The van der Waals surface area contributed by atoms with E-state index in [-0.39, 0.29) is 23.7 Å². The molecule has 0 N–H and O–H groups in total. The molecular weight excluding hydrogens is 289 g/mol. The summed E-state index contributed by atoms with van der Waals surface area (Å²) in [7, 11) is 1.35. The SMILES string of the molecule is COC(=O)C1CCC(Oc2cnc(C(F)(F)F)nc2)CC1. The lowest BCUT2D eigenvalue weighted by Crippen LogP contribution is -2.28. The Bertz CT molecular complexity index is 482. The van der Waals surface area contributed by atoms with Gasteiger partial charge in [-0.25, -0.2) is 9.97 Å². The molecule has 0 aromatic carbocycles. The highest BCUT2D eigenvalue weighted by molar-refractivity contribution is 5.72. The van der Waals surface area contributed by atoms with Crippen LogP contribution in [0.4, 0.5) is 13.2 Å². The van der Waals surface area contributed by atoms with Gasteiger partial charge in [0.1, 0.15) is 0 Å². The van der Waals surface area contributed by atoms with E-state index in [1.54, 1.807) is 0 Å². The Morgan fingerprint density at radius 2 is 1.76 bits per heavy atom. The molecule has 0 atom stereocenters. The summed E-state index contributed by atoms with van der Waals surface area (Å²) in [5.41, 5.74) is 0. The molecule has 0 aliphatic heterocycles. The van der Waals surface area contributed by atoms with E-state index in [0.29, 0.717) is 25.7 Å². The van der Waals surface area contributed by atoms with Crippen LogP contribution in [0.1, 0.15) is 31.5 Å². The Kier molecular flexibility index (Phi) is 4.64. The minimum absolute atomic E-state index is 0.126. The second-order valence-corrected chi connectivity index (χ2v) is 4.85. The fraction of sp³-hybridized carbons (Fsp3) is 0.615. The molecule has 0 spiro atoms. The highest BCUT2D eigenvalue weighted by atomic mass is 19.4. The number of nitrogens with zero attached hydrogens (tertiary/aromatic N) is 2. The number of hydrogen-bond acceptors (Lipinski definition) is 5. The van der Waals surface area contributed by atoms with Crippen molar-refractivity contribution in [1.29, 1.82) is 0 Å². The number of halogens is 3. The Labute approximate surface area is 119 Å². The van der Waals surface area contributed by atoms with Crippen LogP contribution in [-0.2, 0) is 15.7 Å². The van der Waals surface area contributed by atoms with Crippen LogP contribution in [0.3, 0.4) is 0 Å². The first kappa shape index (κ1) is 15.5. The number of esters is 1. The van der Waals surface area contributed by atoms with E-state index >= 15 is 0 Å². The molecule has 0 amide bonds. The van der Waals surface area contributed by atoms with Crippen molar-refractivity contribution >= 4 is 5.97 Å². The summed E-state index contributed by atoms with van der Waals surface area (Å²) in [4.78, 5) is 17.8. The highest BCUT2D eigenvalue weighted by Crippen LogP contribution is 2.29. The molecule has 0 saturated heterocycles. The molecule has 1 aliphatic carbocycles. The lowest BCUT2D eigenvalue weighted by molar-refractivity contribution is -0.147. The zero-order valence-corrected chi connectivity index (χ0v) is 11.4. The van der Waals surface area contributed by atoms with Gasteiger partial charge in [-0.15, -0.1) is 0 Å². The summed E-state index contributed by atoms with van der Waals surface area (Å²) in [6.45, 7) is 0. The van der Waals surface area contributed by atoms with Crippen LogP contribution in [0.15, 0.2) is 12.4 Å². The fourth-order valence-corrected chi connectivity index (χ4v) is 2.30. The number of methoxy groups -OCH3 is 1. The predicted octanol–water partition coefficient (Wildman–Crippen LogP) is 2.61. The topological polar surface area (TPSA) is 61.3 Å². The van der Waals surface area contributed by atoms with Crippen LogP contribution < -0.4 is 4.74 Å². The number of ether oxygens (including phenoxy) is 2. The van der Waals surface area contributed by atoms with E-state index in [1.165, 1.54) is 7.11 Å². The standard InChI is InChI=1S/C13H15F3N2O3/c1-20-11(19)8-2-4-9(5-3-8)21-10-6-17-12(18-7-10)13(14,15)16/h6-9H,2-5H2,1H3. The maximum atomic E-state index is 12.3. The lowest BCUT2D eigenvalue weighted by Gasteiger charge is -2.27. The zero-order valence-electron chi connectivity index (χ0n) is 11.4. The fourth-order valence-electron chi connectivity index (χ4n) is 2.30. The van der Waals surface area contributed by atoms with Crippen LogP contribution >= 0.6 is 0 Å². The molecule has 1 fully saturated rings. The lowest BCUT2D eigenvalue weighted by atomic mass is 9.87. The first-order valence-corrected chi connectivity index (χ1v) is 6.54. The van der Waals surface area contributed by atoms with Gasteiger partial charge in [0.15, 0.2) is 5.75 Å². The van der Waals surface area contributed by atoms with Gasteiger partial charge in [-0.3, -0.25) is 4.79 Å². The molecule has 21 heavy (non-hydrogen) atoms. The summed E-state index contributed by atoms with van der Waals surface area (Å²) in [6, 6.07) is 0. The smallest absolute Gasteiger partial charge is 0.451 e. The summed E-state index contributed by atoms with van der Waals surface area (Å²) in [6.07, 6.45) is -0.118. The van der Waals surface area contributed by atoms with Crippen molar-refractivity contribution in [3.63, 3.8) is 0 Å². The molecule has 0 radical (unpaired) electrons. The van der Waals surface area contributed by atoms with Crippen molar-refractivity contribution in [3.05, 3.63) is 18.2 Å². The Morgan fingerprint density at radius 3 is 2.24 bits per heavy atom. The quantitative estimate of drug-likeness (QED) is 0.803. The van der Waals surface area contributed by atoms with Crippen LogP contribution in [0, 0.1) is 5.92 Å². The van der Waals surface area contributed by atoms with Gasteiger partial charge in [0.2, 0.25) is 5.82 Å². The molecule has 5 nitrogen and oxygen atoms in total. The second kappa shape index (κ2) is 6.28. The Morgan fingerprint density at radius 1 is 1.19 bits per heavy atom. The third kappa shape index (κ3) is 4.05. The molecule has 8 heteroatoms. The van der Waals surface area contributed by atoms with Gasteiger partial charge in [0.25, 0.3) is 0 Å². The number of alkyl halides is 3. The minimum atomic E-state index is -4.56. The van der Waals surface area contributed by atoms with Crippen molar-refractivity contribution in [2.45, 2.75) is 38.0 Å². The summed E-state index contributed by atoms with van der Waals surface area (Å²) < 4.78 is 47.2. The van der Waals surface area contributed by atoms with Crippen molar-refractivity contribution < 1.29 is 27.4 Å². The van der Waals surface area contributed by atoms with Crippen molar-refractivity contribution in [2.75, 3.05) is 7.11 Å². The molecule has 1 aromatic rings. The van der Waals surface area contributed by atoms with E-state index in [0.717, 1.165) is 12.4 Å². The molecule has 1 heterocycles. The van der Waals surface area contributed by atoms with Gasteiger partial charge in [-0.1, -0.05) is 0 Å². The normalized spacial score (nSPS) is 22.7. The maximum absolute atomic E-state index is 12.3. The van der Waals surface area contributed by atoms with Crippen molar-refractivity contribution in [1.82, 2.24) is 9.97 Å². The maximum Gasteiger partial charge on any atom is 0.451 e. The number of aromatic nitrogens is 2. The van der Waals surface area contributed by atoms with Crippen LogP contribution in [-0.4, -0.2) is 29.2 Å². The molecule has 1 saturated carbocycles. The summed E-state index contributed by atoms with van der Waals surface area (Å²) >= 11 is 0. The zero-order chi connectivity index (χ0) is 15.5. The first-order chi connectivity index (χ1) is 9.90. The predicted molar refractivity (Wildman–Crippen MR) is 65.4 cm³/mol. The highest BCUT2D eigenvalue weighted by Gasteiger charge is 2.34. The summed E-state index contributed by atoms with van der Waals surface area (Å²) in [5, 5.41) is 0. The van der Waals surface area contributed by atoms with Crippen molar-refractivity contribution in [3.8, 4) is 5.75 Å². The molecule has 1 aliphatic rings. The third-order valence-corrected chi connectivity index (χ3v) is 3.39. The van der Waals surface area contributed by atoms with Gasteiger partial charge in [-0.05, 0) is 25.7 Å². The first-order valence-electron chi connectivity index (χ1n) is 6.54. The van der Waals surface area contributed by atoms with Crippen LogP contribution in [0.25, 0.3) is 0 Å². The van der Waals surface area contributed by atoms with Crippen LogP contribution in [0.2, 0.25) is 0 Å². The van der Waals surface area contributed by atoms with Gasteiger partial charge in [-0.2, -0.15) is 13.2 Å². The monoisotopic (exact) mass is 304 g/mol.